The number of nitrogens with zero attached hydrogens (tertiary/aromatic N) is 2. The Bertz CT molecular complexity index is 586. The number of benzene rings is 1. The van der Waals surface area contributed by atoms with Crippen LogP contribution in [-0.2, 0) is 5.75 Å². The molecule has 5 heteroatoms. The highest BCUT2D eigenvalue weighted by Gasteiger charge is 2.23. The number of rotatable bonds is 2. The van der Waals surface area contributed by atoms with Crippen LogP contribution in [0.5, 0.6) is 0 Å². The Labute approximate surface area is 109 Å². The highest BCUT2D eigenvalue weighted by atomic mass is 32.2. The van der Waals surface area contributed by atoms with Gasteiger partial charge < -0.3 is 5.21 Å². The predicted molar refractivity (Wildman–Crippen MR) is 73.1 cm³/mol. The number of fused-ring (bicyclic) bond motifs is 1. The summed E-state index contributed by atoms with van der Waals surface area (Å²) in [6.45, 7) is 0. The summed E-state index contributed by atoms with van der Waals surface area (Å²) in [5.74, 6) is 0.666. The van der Waals surface area contributed by atoms with Gasteiger partial charge in [0.2, 0.25) is 0 Å². The second-order valence-corrected chi connectivity index (χ2v) is 4.84. The molecule has 1 aromatic carbocycles. The minimum Gasteiger partial charge on any atom is -0.622 e. The molecular formula is C13H11N3OS. The minimum absolute atomic E-state index is 0.0199. The molecule has 0 aliphatic carbocycles. The largest absolute Gasteiger partial charge is 0.622 e. The fourth-order valence-corrected chi connectivity index (χ4v) is 2.62. The molecule has 0 saturated heterocycles. The van der Waals surface area contributed by atoms with Crippen molar-refractivity contribution in [3.05, 3.63) is 59.6 Å². The molecule has 1 aromatic heterocycles. The van der Waals surface area contributed by atoms with E-state index >= 15 is 0 Å². The van der Waals surface area contributed by atoms with E-state index in [-0.39, 0.29) is 5.06 Å². The van der Waals surface area contributed by atoms with Crippen molar-refractivity contribution in [1.29, 1.82) is 0 Å². The van der Waals surface area contributed by atoms with Crippen LogP contribution in [0.15, 0.2) is 53.7 Å². The van der Waals surface area contributed by atoms with Gasteiger partial charge in [0.15, 0.2) is 5.69 Å². The van der Waals surface area contributed by atoms with Crippen LogP contribution in [0, 0.1) is 5.21 Å². The summed E-state index contributed by atoms with van der Waals surface area (Å²) in [5.41, 5.74) is 2.42. The summed E-state index contributed by atoms with van der Waals surface area (Å²) in [7, 11) is 0. The van der Waals surface area contributed by atoms with Crippen LogP contribution in [0.2, 0.25) is 0 Å². The second-order valence-electron chi connectivity index (χ2n) is 3.87. The Hall–Kier alpha value is -1.69. The number of para-hydroxylation sites is 2. The van der Waals surface area contributed by atoms with Crippen LogP contribution in [-0.4, -0.2) is 10.2 Å². The standard InChI is InChI=1S/C13H11N3OS/c17-16-12-7-2-1-6-11(12)15-13(16)18-9-10-5-3-4-8-14-10/h1-8,16H,9H2. The number of hydrogen-bond acceptors (Lipinski definition) is 4. The number of thioether (sulfide) groups is 1. The number of amidine groups is 1. The van der Waals surface area contributed by atoms with Crippen molar-refractivity contribution >= 4 is 28.3 Å². The van der Waals surface area contributed by atoms with E-state index in [1.165, 1.54) is 11.8 Å². The molecule has 4 nitrogen and oxygen atoms in total. The Morgan fingerprint density at radius 1 is 1.11 bits per heavy atom. The minimum atomic E-state index is 0.0199. The van der Waals surface area contributed by atoms with Gasteiger partial charge in [-0.15, -0.1) is 0 Å². The maximum absolute atomic E-state index is 12.0. The van der Waals surface area contributed by atoms with E-state index in [4.69, 9.17) is 0 Å². The van der Waals surface area contributed by atoms with Gasteiger partial charge in [-0.05, 0) is 30.0 Å². The summed E-state index contributed by atoms with van der Waals surface area (Å²) < 4.78 is 0. The van der Waals surface area contributed by atoms with Crippen LogP contribution in [0.3, 0.4) is 0 Å². The van der Waals surface area contributed by atoms with Crippen molar-refractivity contribution < 1.29 is 5.06 Å². The summed E-state index contributed by atoms with van der Waals surface area (Å²) in [5, 5.41) is 12.6. The molecular weight excluding hydrogens is 246 g/mol. The van der Waals surface area contributed by atoms with Crippen molar-refractivity contribution in [3.63, 3.8) is 0 Å². The third kappa shape index (κ3) is 2.15. The number of hydrogen-bond donors (Lipinski definition) is 1. The topological polar surface area (TPSA) is 52.8 Å². The lowest BCUT2D eigenvalue weighted by Crippen LogP contribution is -3.03. The molecule has 2 heterocycles. The molecule has 0 radical (unpaired) electrons. The first kappa shape index (κ1) is 11.4. The first-order valence-electron chi connectivity index (χ1n) is 5.60. The Kier molecular flexibility index (Phi) is 3.10. The Morgan fingerprint density at radius 2 is 1.94 bits per heavy atom. The zero-order valence-electron chi connectivity index (χ0n) is 9.54. The molecule has 1 unspecified atom stereocenters. The number of hydroxylamine groups is 1. The van der Waals surface area contributed by atoms with Crippen LogP contribution in [0.4, 0.5) is 11.4 Å². The fraction of sp³-hybridized carbons (Fsp3) is 0.0769. The van der Waals surface area contributed by atoms with Gasteiger partial charge in [-0.1, -0.05) is 18.2 Å². The van der Waals surface area contributed by atoms with Gasteiger partial charge in [-0.25, -0.2) is 0 Å². The molecule has 0 saturated carbocycles. The highest BCUT2D eigenvalue weighted by molar-refractivity contribution is 8.12. The molecule has 0 amide bonds. The summed E-state index contributed by atoms with van der Waals surface area (Å²) >= 11 is 1.44. The number of nitrogens with one attached hydrogen (secondary N) is 1. The molecule has 0 fully saturated rings. The average molecular weight is 257 g/mol. The number of pyridine rings is 1. The second kappa shape index (κ2) is 4.89. The molecule has 0 bridgehead atoms. The van der Waals surface area contributed by atoms with E-state index in [1.807, 2.05) is 42.5 Å². The van der Waals surface area contributed by atoms with E-state index in [0.717, 1.165) is 11.4 Å². The first-order chi connectivity index (χ1) is 8.84. The third-order valence-electron chi connectivity index (χ3n) is 2.65. The molecule has 3 rings (SSSR count). The van der Waals surface area contributed by atoms with E-state index < -0.39 is 0 Å². The smallest absolute Gasteiger partial charge is 0.268 e. The number of quaternary nitrogens is 1. The molecule has 18 heavy (non-hydrogen) atoms. The van der Waals surface area contributed by atoms with E-state index in [2.05, 4.69) is 9.98 Å². The van der Waals surface area contributed by atoms with E-state index in [9.17, 15) is 5.21 Å². The fourth-order valence-electron chi connectivity index (χ4n) is 1.76. The summed E-state index contributed by atoms with van der Waals surface area (Å²) in [6.07, 6.45) is 1.75. The van der Waals surface area contributed by atoms with Crippen molar-refractivity contribution in [2.24, 2.45) is 4.99 Å². The van der Waals surface area contributed by atoms with E-state index in [1.54, 1.807) is 6.20 Å². The van der Waals surface area contributed by atoms with Crippen LogP contribution in [0.25, 0.3) is 0 Å². The maximum Gasteiger partial charge on any atom is 0.268 e. The average Bonchev–Trinajstić information content (AvgIpc) is 2.75. The van der Waals surface area contributed by atoms with Gasteiger partial charge in [-0.2, -0.15) is 4.99 Å². The zero-order valence-corrected chi connectivity index (χ0v) is 10.4. The lowest BCUT2D eigenvalue weighted by Gasteiger charge is -2.16. The van der Waals surface area contributed by atoms with Crippen LogP contribution < -0.4 is 5.06 Å². The maximum atomic E-state index is 12.0. The molecule has 1 N–H and O–H groups in total. The number of aliphatic imine (C=N–C) groups is 1. The van der Waals surface area contributed by atoms with Crippen molar-refractivity contribution in [3.8, 4) is 0 Å². The highest BCUT2D eigenvalue weighted by Crippen LogP contribution is 2.27. The zero-order chi connectivity index (χ0) is 12.4. The molecule has 0 spiro atoms. The lowest BCUT2D eigenvalue weighted by molar-refractivity contribution is -0.658. The van der Waals surface area contributed by atoms with E-state index in [0.29, 0.717) is 16.6 Å². The normalized spacial score (nSPS) is 17.4. The van der Waals surface area contributed by atoms with Gasteiger partial charge in [-0.3, -0.25) is 10.0 Å². The first-order valence-corrected chi connectivity index (χ1v) is 6.58. The molecule has 90 valence electrons. The summed E-state index contributed by atoms with van der Waals surface area (Å²) in [4.78, 5) is 8.58. The monoisotopic (exact) mass is 257 g/mol. The molecule has 2 aromatic rings. The Balaban J connectivity index is 1.73. The van der Waals surface area contributed by atoms with Gasteiger partial charge in [0, 0.05) is 18.0 Å². The quantitative estimate of drug-likeness (QED) is 0.837. The van der Waals surface area contributed by atoms with Gasteiger partial charge in [0.25, 0.3) is 5.17 Å². The predicted octanol–water partition coefficient (Wildman–Crippen LogP) is 2.03. The van der Waals surface area contributed by atoms with Crippen LogP contribution >= 0.6 is 11.8 Å². The van der Waals surface area contributed by atoms with Gasteiger partial charge in [0.1, 0.15) is 5.69 Å². The Morgan fingerprint density at radius 3 is 2.72 bits per heavy atom. The molecule has 1 aliphatic heterocycles. The van der Waals surface area contributed by atoms with Crippen molar-refractivity contribution in [2.75, 3.05) is 0 Å². The molecule has 1 aliphatic rings. The lowest BCUT2D eigenvalue weighted by atomic mass is 10.3. The molecule has 1 atom stereocenters. The SMILES string of the molecule is [O-][NH+]1C(SCc2ccccn2)=Nc2ccccc21. The summed E-state index contributed by atoms with van der Waals surface area (Å²) in [6, 6.07) is 13.2. The van der Waals surface area contributed by atoms with Gasteiger partial charge >= 0.3 is 0 Å². The number of aromatic nitrogens is 1. The van der Waals surface area contributed by atoms with Crippen LogP contribution in [0.1, 0.15) is 5.69 Å². The van der Waals surface area contributed by atoms with Crippen molar-refractivity contribution in [1.82, 2.24) is 4.98 Å². The van der Waals surface area contributed by atoms with Crippen molar-refractivity contribution in [2.45, 2.75) is 5.75 Å². The third-order valence-corrected chi connectivity index (χ3v) is 3.64. The van der Waals surface area contributed by atoms with Gasteiger partial charge in [0.05, 0.1) is 5.69 Å².